The molecule has 16 atom stereocenters. The number of hydrogen-bond acceptors (Lipinski definition) is 9. The van der Waals surface area contributed by atoms with E-state index in [1.165, 1.54) is 109 Å². The smallest absolute Gasteiger partial charge is 0.0905 e. The molecular formula is C36H64N8O. The van der Waals surface area contributed by atoms with Crippen molar-refractivity contribution < 1.29 is 4.84 Å². The molecule has 0 aromatic rings. The van der Waals surface area contributed by atoms with E-state index in [9.17, 15) is 0 Å². The van der Waals surface area contributed by atoms with Crippen molar-refractivity contribution in [3.05, 3.63) is 0 Å². The molecule has 7 N–H and O–H groups in total. The van der Waals surface area contributed by atoms with Crippen molar-refractivity contribution in [3.63, 3.8) is 0 Å². The molecule has 9 fully saturated rings. The Morgan fingerprint density at radius 1 is 0.422 bits per heavy atom. The molecule has 0 spiro atoms. The number of hydroxylamine groups is 2. The fourth-order valence-electron chi connectivity index (χ4n) is 12.5. The average molecular weight is 625 g/mol. The Bertz CT molecular complexity index is 946. The van der Waals surface area contributed by atoms with Crippen molar-refractivity contribution in [2.45, 2.75) is 172 Å². The van der Waals surface area contributed by atoms with Gasteiger partial charge in [-0.2, -0.15) is 5.06 Å². The standard InChI is InChI=1S/C36H64N8O/c1-2-3-20-45-44-35-27-18-10-11-19-28(27)36(44)43-34-26-17-9-7-15-24(26)32(41-34)39-30-22-13-5-4-12-21(22)29(37-30)38-31-23-14-6-8-16-25(23)33(40-31)42-35/h21-43H,2-20H2,1H3. The molecule has 4 saturated carbocycles. The predicted molar refractivity (Wildman–Crippen MR) is 177 cm³/mol. The summed E-state index contributed by atoms with van der Waals surface area (Å²) >= 11 is 0. The highest BCUT2D eigenvalue weighted by atomic mass is 16.7. The lowest BCUT2D eigenvalue weighted by Gasteiger charge is -2.37. The predicted octanol–water partition coefficient (Wildman–Crippen LogP) is 4.05. The van der Waals surface area contributed by atoms with E-state index in [4.69, 9.17) is 4.84 Å². The van der Waals surface area contributed by atoms with E-state index in [1.54, 1.807) is 0 Å². The Morgan fingerprint density at radius 3 is 1.02 bits per heavy atom. The molecule has 0 radical (unpaired) electrons. The topological polar surface area (TPSA) is 96.7 Å². The minimum Gasteiger partial charge on any atom is -0.296 e. The molecule has 16 unspecified atom stereocenters. The first-order chi connectivity index (χ1) is 22.3. The van der Waals surface area contributed by atoms with Crippen molar-refractivity contribution in [2.24, 2.45) is 47.3 Å². The summed E-state index contributed by atoms with van der Waals surface area (Å²) in [7, 11) is 0. The maximum absolute atomic E-state index is 6.91. The highest BCUT2D eigenvalue weighted by molar-refractivity contribution is 5.08. The largest absolute Gasteiger partial charge is 0.296 e. The zero-order chi connectivity index (χ0) is 29.9. The summed E-state index contributed by atoms with van der Waals surface area (Å²) in [6.45, 7) is 3.12. The third-order valence-corrected chi connectivity index (χ3v) is 14.7. The number of fused-ring (bicyclic) bond motifs is 20. The van der Waals surface area contributed by atoms with E-state index in [2.05, 4.69) is 49.2 Å². The Kier molecular flexibility index (Phi) is 8.97. The molecule has 45 heavy (non-hydrogen) atoms. The van der Waals surface area contributed by atoms with Gasteiger partial charge in [0, 0.05) is 0 Å². The van der Waals surface area contributed by atoms with Crippen LogP contribution in [0.4, 0.5) is 0 Å². The van der Waals surface area contributed by atoms with E-state index in [0.29, 0.717) is 72.5 Å². The molecule has 5 saturated heterocycles. The zero-order valence-electron chi connectivity index (χ0n) is 28.0. The molecule has 9 heteroatoms. The Balaban J connectivity index is 1.08. The Morgan fingerprint density at radius 2 is 0.711 bits per heavy atom. The first-order valence-electron chi connectivity index (χ1n) is 20.0. The van der Waals surface area contributed by atoms with E-state index in [-0.39, 0.29) is 12.3 Å². The summed E-state index contributed by atoms with van der Waals surface area (Å²) in [6, 6.07) is 0. The highest BCUT2D eigenvalue weighted by Crippen LogP contribution is 2.47. The van der Waals surface area contributed by atoms with Crippen molar-refractivity contribution in [2.75, 3.05) is 6.61 Å². The van der Waals surface area contributed by atoms with Crippen LogP contribution in [0.15, 0.2) is 0 Å². The van der Waals surface area contributed by atoms with Crippen LogP contribution in [-0.4, -0.2) is 61.0 Å². The van der Waals surface area contributed by atoms with Crippen LogP contribution >= 0.6 is 0 Å². The molecule has 9 nitrogen and oxygen atoms in total. The van der Waals surface area contributed by atoms with E-state index in [0.717, 1.165) is 24.9 Å². The minimum absolute atomic E-state index is 0.269. The van der Waals surface area contributed by atoms with Gasteiger partial charge in [-0.3, -0.25) is 42.1 Å². The number of rotatable bonds is 4. The molecule has 9 rings (SSSR count). The quantitative estimate of drug-likeness (QED) is 0.234. The third-order valence-electron chi connectivity index (χ3n) is 14.7. The van der Waals surface area contributed by atoms with Gasteiger partial charge in [0.1, 0.15) is 0 Å². The van der Waals surface area contributed by atoms with Crippen LogP contribution in [0.25, 0.3) is 0 Å². The monoisotopic (exact) mass is 625 g/mol. The average Bonchev–Trinajstić information content (AvgIpc) is 3.80. The lowest BCUT2D eigenvalue weighted by atomic mass is 9.76. The van der Waals surface area contributed by atoms with Crippen LogP contribution in [0, 0.1) is 47.3 Å². The van der Waals surface area contributed by atoms with Gasteiger partial charge in [-0.25, -0.2) is 0 Å². The zero-order valence-corrected chi connectivity index (χ0v) is 28.0. The van der Waals surface area contributed by atoms with Gasteiger partial charge >= 0.3 is 0 Å². The van der Waals surface area contributed by atoms with Crippen molar-refractivity contribution in [3.8, 4) is 0 Å². The van der Waals surface area contributed by atoms with Gasteiger partial charge in [-0.1, -0.05) is 64.7 Å². The molecule has 9 aliphatic rings. The molecule has 8 bridgehead atoms. The summed E-state index contributed by atoms with van der Waals surface area (Å²) in [5, 5.41) is 32.4. The molecule has 5 heterocycles. The summed E-state index contributed by atoms with van der Waals surface area (Å²) < 4.78 is 0. The summed E-state index contributed by atoms with van der Waals surface area (Å²) in [4.78, 5) is 6.91. The van der Waals surface area contributed by atoms with Gasteiger partial charge < -0.3 is 0 Å². The van der Waals surface area contributed by atoms with Gasteiger partial charge in [0.25, 0.3) is 0 Å². The lowest BCUT2D eigenvalue weighted by Crippen LogP contribution is -2.62. The van der Waals surface area contributed by atoms with Crippen molar-refractivity contribution in [1.29, 1.82) is 0 Å². The Labute approximate surface area is 272 Å². The second-order valence-corrected chi connectivity index (χ2v) is 16.9. The van der Waals surface area contributed by atoms with Crippen LogP contribution in [-0.2, 0) is 4.84 Å². The van der Waals surface area contributed by atoms with Crippen LogP contribution in [0.5, 0.6) is 0 Å². The van der Waals surface area contributed by atoms with Crippen LogP contribution in [0.3, 0.4) is 0 Å². The molecular weight excluding hydrogens is 560 g/mol. The van der Waals surface area contributed by atoms with Crippen molar-refractivity contribution in [1.82, 2.24) is 42.3 Å². The summed E-state index contributed by atoms with van der Waals surface area (Å²) in [5.74, 6) is 5.52. The molecule has 254 valence electrons. The van der Waals surface area contributed by atoms with Crippen molar-refractivity contribution >= 4 is 0 Å². The molecule has 0 aromatic carbocycles. The lowest BCUT2D eigenvalue weighted by molar-refractivity contribution is -0.215. The van der Waals surface area contributed by atoms with Crippen LogP contribution in [0.2, 0.25) is 0 Å². The number of hydrogen-bond donors (Lipinski definition) is 7. The van der Waals surface area contributed by atoms with Gasteiger partial charge in [0.2, 0.25) is 0 Å². The minimum atomic E-state index is 0.269. The first kappa shape index (κ1) is 30.7. The summed E-state index contributed by atoms with van der Waals surface area (Å²) in [6.07, 6.45) is 26.8. The van der Waals surface area contributed by atoms with E-state index in [1.807, 2.05) is 0 Å². The fraction of sp³-hybridized carbons (Fsp3) is 1.00. The van der Waals surface area contributed by atoms with Gasteiger partial charge in [0.15, 0.2) is 0 Å². The molecule has 5 aliphatic heterocycles. The highest BCUT2D eigenvalue weighted by Gasteiger charge is 2.56. The van der Waals surface area contributed by atoms with Crippen LogP contribution < -0.4 is 37.2 Å². The number of nitrogens with one attached hydrogen (secondary N) is 7. The molecule has 4 aliphatic carbocycles. The fourth-order valence-corrected chi connectivity index (χ4v) is 12.5. The second kappa shape index (κ2) is 13.2. The maximum atomic E-state index is 6.91. The maximum Gasteiger partial charge on any atom is 0.0905 e. The number of nitrogens with zero attached hydrogens (tertiary/aromatic N) is 1. The van der Waals surface area contributed by atoms with Crippen LogP contribution in [0.1, 0.15) is 122 Å². The first-order valence-corrected chi connectivity index (χ1v) is 20.0. The molecule has 0 amide bonds. The van der Waals surface area contributed by atoms with Gasteiger partial charge in [-0.15, -0.1) is 0 Å². The SMILES string of the molecule is CCCCON1C2NC3NC(NC4NC(NC5NC(NC1C1CCCCC12)C1CCCCC51)C1CCCCC41)C1CCCCC31. The molecule has 0 aromatic heterocycles. The summed E-state index contributed by atoms with van der Waals surface area (Å²) in [5.41, 5.74) is 0. The van der Waals surface area contributed by atoms with E-state index < -0.39 is 0 Å². The van der Waals surface area contributed by atoms with Gasteiger partial charge in [-0.05, 0) is 105 Å². The van der Waals surface area contributed by atoms with Gasteiger partial charge in [0.05, 0.1) is 55.9 Å². The third kappa shape index (κ3) is 5.56. The van der Waals surface area contributed by atoms with E-state index >= 15 is 0 Å². The Hall–Kier alpha value is -0.360. The number of unbranched alkanes of at least 4 members (excludes halogenated alkanes) is 1. The second-order valence-electron chi connectivity index (χ2n) is 16.9. The normalized spacial score (nSPS) is 53.0.